The average Bonchev–Trinajstić information content (AvgIpc) is 4.07. The van der Waals surface area contributed by atoms with Gasteiger partial charge in [0.15, 0.2) is 23.1 Å². The molecular weight excluding hydrogens is 1040 g/mol. The summed E-state index contributed by atoms with van der Waals surface area (Å²) in [4.78, 5) is 101. The molecule has 4 aromatic carbocycles. The monoisotopic (exact) mass is 1090 g/mol. The molecule has 0 aliphatic carbocycles. The van der Waals surface area contributed by atoms with Crippen molar-refractivity contribution >= 4 is 58.3 Å². The maximum absolute atomic E-state index is 13.6. The van der Waals surface area contributed by atoms with Gasteiger partial charge in [-0.05, 0) is 108 Å². The van der Waals surface area contributed by atoms with Gasteiger partial charge in [-0.15, -0.1) is 0 Å². The lowest BCUT2D eigenvalue weighted by Gasteiger charge is -2.21. The van der Waals surface area contributed by atoms with Crippen LogP contribution >= 0.6 is 23.2 Å². The molecule has 0 aliphatic heterocycles. The Morgan fingerprint density at radius 2 is 0.872 bits per heavy atom. The average molecular weight is 1100 g/mol. The topological polar surface area (TPSA) is 241 Å². The molecule has 2 atom stereocenters. The molecule has 0 aliphatic rings. The third kappa shape index (κ3) is 13.5. The second-order valence-electron chi connectivity index (χ2n) is 18.3. The number of methoxy groups -OCH3 is 2. The Bertz CT molecular complexity index is 3480. The smallest absolute Gasteiger partial charge is 0.335 e. The quantitative estimate of drug-likeness (QED) is 0.0678. The highest BCUT2D eigenvalue weighted by molar-refractivity contribution is 6.31. The van der Waals surface area contributed by atoms with E-state index in [0.717, 1.165) is 11.1 Å². The minimum atomic E-state index is -1.06. The van der Waals surface area contributed by atoms with E-state index in [9.17, 15) is 38.4 Å². The first kappa shape index (κ1) is 56.7. The third-order valence-corrected chi connectivity index (χ3v) is 13.2. The standard InChI is InChI=1S/2C29H26ClN3O6/c2*1-17(34)22-9-8-21(30)12-23(22)24-13-28(36)33(16-27(24)39-3)25(10-19-14-31-32(2)15-19)26(35)11-18-4-6-20(7-5-18)29(37)38/h2*4-9,12-16,25H,10-11H2,1-3H3,(H,37,38)/t2*25-/m10/s1. The third-order valence-electron chi connectivity index (χ3n) is 12.8. The van der Waals surface area contributed by atoms with Crippen molar-refractivity contribution in [2.45, 2.75) is 51.6 Å². The highest BCUT2D eigenvalue weighted by atomic mass is 35.5. The van der Waals surface area contributed by atoms with Crippen LogP contribution in [-0.2, 0) is 49.4 Å². The van der Waals surface area contributed by atoms with Crippen LogP contribution in [-0.4, -0.2) is 88.2 Å². The van der Waals surface area contributed by atoms with E-state index in [2.05, 4.69) is 10.2 Å². The molecule has 0 radical (unpaired) electrons. The predicted octanol–water partition coefficient (Wildman–Crippen LogP) is 8.81. The van der Waals surface area contributed by atoms with Gasteiger partial charge in [-0.1, -0.05) is 47.5 Å². The number of carbonyl (C=O) groups excluding carboxylic acids is 4. The molecule has 18 nitrogen and oxygen atoms in total. The Labute approximate surface area is 456 Å². The zero-order valence-corrected chi connectivity index (χ0v) is 44.6. The number of halogens is 2. The number of ketones is 4. The number of carbonyl (C=O) groups is 6. The molecule has 4 aromatic heterocycles. The van der Waals surface area contributed by atoms with Crippen molar-refractivity contribution in [3.63, 3.8) is 0 Å². The Kier molecular flexibility index (Phi) is 18.0. The molecule has 0 saturated carbocycles. The van der Waals surface area contributed by atoms with Gasteiger partial charge in [0.25, 0.3) is 11.1 Å². The number of aryl methyl sites for hydroxylation is 2. The molecular formula is C58H52Cl2N6O12. The minimum absolute atomic E-state index is 0.0237. The summed E-state index contributed by atoms with van der Waals surface area (Å²) in [6.07, 6.45) is 10.1. The van der Waals surface area contributed by atoms with E-state index in [1.54, 1.807) is 109 Å². The molecule has 0 spiro atoms. The summed E-state index contributed by atoms with van der Waals surface area (Å²) in [7, 11) is 6.39. The second kappa shape index (κ2) is 24.8. The van der Waals surface area contributed by atoms with Crippen LogP contribution < -0.4 is 20.6 Å². The molecule has 0 bridgehead atoms. The Morgan fingerprint density at radius 1 is 0.513 bits per heavy atom. The van der Waals surface area contributed by atoms with E-state index in [4.69, 9.17) is 42.9 Å². The number of carboxylic acid groups (broad SMARTS) is 2. The fourth-order valence-corrected chi connectivity index (χ4v) is 9.23. The van der Waals surface area contributed by atoms with Crippen molar-refractivity contribution in [2.24, 2.45) is 14.1 Å². The highest BCUT2D eigenvalue weighted by Crippen LogP contribution is 2.36. The molecule has 20 heteroatoms. The predicted molar refractivity (Wildman–Crippen MR) is 292 cm³/mol. The number of aromatic carboxylic acids is 2. The number of nitrogens with zero attached hydrogens (tertiary/aromatic N) is 6. The summed E-state index contributed by atoms with van der Waals surface area (Å²) < 4.78 is 17.1. The van der Waals surface area contributed by atoms with Crippen molar-refractivity contribution in [3.05, 3.63) is 210 Å². The summed E-state index contributed by atoms with van der Waals surface area (Å²) in [5, 5.41) is 27.4. The van der Waals surface area contributed by atoms with E-state index < -0.39 is 35.1 Å². The first-order chi connectivity index (χ1) is 37.1. The van der Waals surface area contributed by atoms with Gasteiger partial charge in [0.05, 0.1) is 62.2 Å². The van der Waals surface area contributed by atoms with Crippen LogP contribution in [0.25, 0.3) is 22.3 Å². The molecule has 0 fully saturated rings. The Hall–Kier alpha value is -9.00. The molecule has 0 unspecified atom stereocenters. The van der Waals surface area contributed by atoms with E-state index in [1.165, 1.54) is 86.0 Å². The van der Waals surface area contributed by atoms with Crippen LogP contribution in [0.3, 0.4) is 0 Å². The number of ether oxygens (including phenoxy) is 2. The number of Topliss-reactive ketones (excluding diaryl/α,β-unsaturated/α-hetero) is 4. The number of aromatic nitrogens is 6. The molecule has 2 N–H and O–H groups in total. The lowest BCUT2D eigenvalue weighted by molar-refractivity contribution is -0.122. The largest absolute Gasteiger partial charge is 0.495 e. The van der Waals surface area contributed by atoms with Crippen molar-refractivity contribution in [1.29, 1.82) is 0 Å². The van der Waals surface area contributed by atoms with Gasteiger partial charge in [-0.25, -0.2) is 9.59 Å². The van der Waals surface area contributed by atoms with Crippen LogP contribution in [0.15, 0.2) is 144 Å². The number of carboxylic acids is 2. The molecule has 400 valence electrons. The zero-order valence-electron chi connectivity index (χ0n) is 43.1. The fraction of sp³-hybridized carbons (Fsp3) is 0.207. The summed E-state index contributed by atoms with van der Waals surface area (Å²) in [6, 6.07) is 22.5. The van der Waals surface area contributed by atoms with Gasteiger partial charge in [-0.2, -0.15) is 10.2 Å². The molecule has 0 amide bonds. The molecule has 78 heavy (non-hydrogen) atoms. The summed E-state index contributed by atoms with van der Waals surface area (Å²) in [6.45, 7) is 2.85. The Morgan fingerprint density at radius 3 is 1.17 bits per heavy atom. The lowest BCUT2D eigenvalue weighted by Crippen LogP contribution is -2.32. The summed E-state index contributed by atoms with van der Waals surface area (Å²) in [5.41, 5.74) is 4.42. The van der Waals surface area contributed by atoms with Gasteiger partial charge in [0.1, 0.15) is 11.5 Å². The van der Waals surface area contributed by atoms with E-state index in [-0.39, 0.29) is 71.4 Å². The SMILES string of the molecule is COc1cn([C@@H](Cc2cnn(C)c2)C(=O)Cc2ccc(C(=O)O)cc2)c(=O)cc1-c1cc(Cl)ccc1C(C)=O.COc1cn([C@H](Cc2cnn(C)c2)C(=O)Cc2ccc(C(=O)O)cc2)c(=O)cc1-c1cc(Cl)ccc1C(C)=O. The fourth-order valence-electron chi connectivity index (χ4n) is 8.89. The van der Waals surface area contributed by atoms with Gasteiger partial charge < -0.3 is 28.8 Å². The normalized spacial score (nSPS) is 11.7. The second-order valence-corrected chi connectivity index (χ2v) is 19.1. The Balaban J connectivity index is 0.000000226. The summed E-state index contributed by atoms with van der Waals surface area (Å²) in [5.74, 6) is -2.47. The first-order valence-electron chi connectivity index (χ1n) is 24.0. The zero-order chi connectivity index (χ0) is 56.5. The van der Waals surface area contributed by atoms with Crippen molar-refractivity contribution < 1.29 is 48.5 Å². The van der Waals surface area contributed by atoms with Crippen LogP contribution in [0.1, 0.15) is 89.6 Å². The first-order valence-corrected chi connectivity index (χ1v) is 24.8. The minimum Gasteiger partial charge on any atom is -0.495 e. The van der Waals surface area contributed by atoms with Gasteiger partial charge >= 0.3 is 11.9 Å². The van der Waals surface area contributed by atoms with Crippen LogP contribution in [0, 0.1) is 0 Å². The van der Waals surface area contributed by atoms with Crippen LogP contribution in [0.5, 0.6) is 11.5 Å². The number of hydrogen-bond donors (Lipinski definition) is 2. The number of hydrogen-bond acceptors (Lipinski definition) is 12. The molecule has 4 heterocycles. The number of pyridine rings is 2. The van der Waals surface area contributed by atoms with E-state index in [1.807, 2.05) is 0 Å². The van der Waals surface area contributed by atoms with Gasteiger partial charge in [-0.3, -0.25) is 38.1 Å². The van der Waals surface area contributed by atoms with Crippen LogP contribution in [0.2, 0.25) is 10.0 Å². The van der Waals surface area contributed by atoms with Crippen molar-refractivity contribution in [1.82, 2.24) is 28.7 Å². The van der Waals surface area contributed by atoms with Crippen molar-refractivity contribution in [2.75, 3.05) is 14.2 Å². The number of benzene rings is 4. The maximum Gasteiger partial charge on any atom is 0.335 e. The summed E-state index contributed by atoms with van der Waals surface area (Å²) >= 11 is 12.4. The molecule has 8 rings (SSSR count). The van der Waals surface area contributed by atoms with E-state index in [0.29, 0.717) is 54.6 Å². The van der Waals surface area contributed by atoms with Gasteiger partial charge in [0.2, 0.25) is 0 Å². The lowest BCUT2D eigenvalue weighted by atomic mass is 9.96. The van der Waals surface area contributed by atoms with Gasteiger partial charge in [0, 0.05) is 96.6 Å². The molecule has 0 saturated heterocycles. The van der Waals surface area contributed by atoms with E-state index >= 15 is 0 Å². The van der Waals surface area contributed by atoms with Crippen molar-refractivity contribution in [3.8, 4) is 33.8 Å². The molecule has 8 aromatic rings. The highest BCUT2D eigenvalue weighted by Gasteiger charge is 2.28. The maximum atomic E-state index is 13.6. The van der Waals surface area contributed by atoms with Crippen LogP contribution in [0.4, 0.5) is 0 Å². The number of rotatable bonds is 20.